The third kappa shape index (κ3) is 3.05. The Morgan fingerprint density at radius 2 is 2.07 bits per heavy atom. The van der Waals surface area contributed by atoms with Crippen molar-refractivity contribution in [2.45, 2.75) is 26.9 Å². The Hall–Kier alpha value is 0.100. The van der Waals surface area contributed by atoms with Crippen LogP contribution in [0.5, 0.6) is 0 Å². The lowest BCUT2D eigenvalue weighted by Gasteiger charge is -2.17. The van der Waals surface area contributed by atoms with Crippen LogP contribution in [0.25, 0.3) is 0 Å². The van der Waals surface area contributed by atoms with Gasteiger partial charge >= 0.3 is 0 Å². The summed E-state index contributed by atoms with van der Waals surface area (Å²) >= 11 is 5.32. The fourth-order valence-electron chi connectivity index (χ4n) is 1.36. The molecule has 1 aromatic heterocycles. The third-order valence-electron chi connectivity index (χ3n) is 2.30. The van der Waals surface area contributed by atoms with Gasteiger partial charge in [-0.1, -0.05) is 13.8 Å². The molecule has 0 bridgehead atoms. The Morgan fingerprint density at radius 3 is 2.50 bits per heavy atom. The molecule has 1 aromatic rings. The highest BCUT2D eigenvalue weighted by Crippen LogP contribution is 2.28. The van der Waals surface area contributed by atoms with Gasteiger partial charge in [-0.2, -0.15) is 0 Å². The Kier molecular flexibility index (Phi) is 5.09. The largest absolute Gasteiger partial charge is 0.326 e. The van der Waals surface area contributed by atoms with Gasteiger partial charge in [0.2, 0.25) is 0 Å². The number of nitrogens with two attached hydrogens (primary N) is 1. The molecule has 0 unspecified atom stereocenters. The summed E-state index contributed by atoms with van der Waals surface area (Å²) in [7, 11) is 0. The van der Waals surface area contributed by atoms with E-state index in [9.17, 15) is 0 Å². The van der Waals surface area contributed by atoms with E-state index < -0.39 is 0 Å². The lowest BCUT2D eigenvalue weighted by atomic mass is 10.3. The number of hydrogen-bond acceptors (Lipinski definition) is 3. The molecule has 0 saturated heterocycles. The van der Waals surface area contributed by atoms with E-state index in [2.05, 4.69) is 40.7 Å². The van der Waals surface area contributed by atoms with Crippen LogP contribution in [0.15, 0.2) is 9.85 Å². The molecule has 1 rings (SSSR count). The van der Waals surface area contributed by atoms with E-state index in [1.807, 2.05) is 0 Å². The predicted octanol–water partition coefficient (Wildman–Crippen LogP) is 2.81. The average Bonchev–Trinajstić information content (AvgIpc) is 2.56. The highest BCUT2D eigenvalue weighted by molar-refractivity contribution is 9.11. The molecule has 0 aliphatic heterocycles. The molecule has 0 fully saturated rings. The lowest BCUT2D eigenvalue weighted by Crippen LogP contribution is -2.21. The van der Waals surface area contributed by atoms with Crippen LogP contribution in [0.2, 0.25) is 0 Å². The molecular formula is C10H17BrN2S. The van der Waals surface area contributed by atoms with E-state index in [1.165, 1.54) is 14.2 Å². The van der Waals surface area contributed by atoms with Gasteiger partial charge in [0.05, 0.1) is 3.79 Å². The first-order valence-corrected chi connectivity index (χ1v) is 6.51. The Balaban J connectivity index is 2.69. The minimum atomic E-state index is 0.640. The fourth-order valence-corrected chi connectivity index (χ4v) is 2.99. The van der Waals surface area contributed by atoms with Crippen molar-refractivity contribution in [2.24, 2.45) is 5.73 Å². The van der Waals surface area contributed by atoms with Crippen molar-refractivity contribution in [3.8, 4) is 0 Å². The molecule has 2 nitrogen and oxygen atoms in total. The molecule has 0 saturated carbocycles. The van der Waals surface area contributed by atoms with Crippen LogP contribution >= 0.6 is 27.3 Å². The quantitative estimate of drug-likeness (QED) is 0.896. The maximum absolute atomic E-state index is 5.60. The fraction of sp³-hybridized carbons (Fsp3) is 0.600. The molecule has 0 aliphatic carbocycles. The van der Waals surface area contributed by atoms with Gasteiger partial charge in [-0.3, -0.25) is 4.90 Å². The Morgan fingerprint density at radius 1 is 1.43 bits per heavy atom. The summed E-state index contributed by atoms with van der Waals surface area (Å²) in [5.41, 5.74) is 6.96. The number of thiophene rings is 1. The van der Waals surface area contributed by atoms with E-state index in [1.54, 1.807) is 11.3 Å². The van der Waals surface area contributed by atoms with Crippen molar-refractivity contribution in [3.63, 3.8) is 0 Å². The first kappa shape index (κ1) is 12.2. The topological polar surface area (TPSA) is 29.3 Å². The maximum atomic E-state index is 5.60. The smallest absolute Gasteiger partial charge is 0.0746 e. The second-order valence-electron chi connectivity index (χ2n) is 3.18. The van der Waals surface area contributed by atoms with Gasteiger partial charge in [0.15, 0.2) is 0 Å². The van der Waals surface area contributed by atoms with Crippen molar-refractivity contribution < 1.29 is 0 Å². The highest BCUT2D eigenvalue weighted by atomic mass is 79.9. The molecule has 0 aromatic carbocycles. The van der Waals surface area contributed by atoms with Gasteiger partial charge in [0, 0.05) is 18.0 Å². The molecule has 0 aliphatic rings. The molecule has 0 amide bonds. The zero-order valence-electron chi connectivity index (χ0n) is 8.72. The van der Waals surface area contributed by atoms with Crippen LogP contribution < -0.4 is 5.73 Å². The maximum Gasteiger partial charge on any atom is 0.0746 e. The van der Waals surface area contributed by atoms with Gasteiger partial charge < -0.3 is 5.73 Å². The number of nitrogens with zero attached hydrogens (tertiary/aromatic N) is 1. The van der Waals surface area contributed by atoms with Crippen molar-refractivity contribution in [1.29, 1.82) is 0 Å². The van der Waals surface area contributed by atoms with Crippen molar-refractivity contribution >= 4 is 27.3 Å². The Labute approximate surface area is 98.2 Å². The number of hydrogen-bond donors (Lipinski definition) is 1. The highest BCUT2D eigenvalue weighted by Gasteiger charge is 2.08. The van der Waals surface area contributed by atoms with Crippen LogP contribution in [0.1, 0.15) is 24.3 Å². The first-order chi connectivity index (χ1) is 6.71. The molecule has 1 heterocycles. The van der Waals surface area contributed by atoms with E-state index in [0.717, 1.165) is 19.6 Å². The molecule has 0 atom stereocenters. The van der Waals surface area contributed by atoms with Crippen molar-refractivity contribution in [1.82, 2.24) is 4.90 Å². The van der Waals surface area contributed by atoms with Gasteiger partial charge in [-0.05, 0) is 40.6 Å². The summed E-state index contributed by atoms with van der Waals surface area (Å²) in [5.74, 6) is 0. The summed E-state index contributed by atoms with van der Waals surface area (Å²) in [6, 6.07) is 2.20. The minimum absolute atomic E-state index is 0.640. The van der Waals surface area contributed by atoms with Crippen LogP contribution in [0, 0.1) is 0 Å². The second-order valence-corrected chi connectivity index (χ2v) is 5.63. The van der Waals surface area contributed by atoms with Gasteiger partial charge in [-0.15, -0.1) is 11.3 Å². The monoisotopic (exact) mass is 276 g/mol. The van der Waals surface area contributed by atoms with E-state index in [4.69, 9.17) is 5.73 Å². The molecule has 80 valence electrons. The molecular weight excluding hydrogens is 260 g/mol. The SMILES string of the molecule is CCN(CC)Cc1cc(CN)sc1Br. The molecule has 0 spiro atoms. The van der Waals surface area contributed by atoms with Crippen LogP contribution in [-0.4, -0.2) is 18.0 Å². The summed E-state index contributed by atoms with van der Waals surface area (Å²) in [6.07, 6.45) is 0. The first-order valence-electron chi connectivity index (χ1n) is 4.90. The standard InChI is InChI=1S/C10H17BrN2S/c1-3-13(4-2)7-8-5-9(6-12)14-10(8)11/h5H,3-4,6-7,12H2,1-2H3. The third-order valence-corrected chi connectivity index (χ3v) is 4.28. The number of halogens is 1. The van der Waals surface area contributed by atoms with Gasteiger partial charge in [0.1, 0.15) is 0 Å². The molecule has 4 heteroatoms. The summed E-state index contributed by atoms with van der Waals surface area (Å²) in [4.78, 5) is 3.65. The minimum Gasteiger partial charge on any atom is -0.326 e. The summed E-state index contributed by atoms with van der Waals surface area (Å²) in [5, 5.41) is 0. The van der Waals surface area contributed by atoms with Crippen LogP contribution in [0.4, 0.5) is 0 Å². The van der Waals surface area contributed by atoms with Gasteiger partial charge in [0.25, 0.3) is 0 Å². The normalized spacial score (nSPS) is 11.2. The van der Waals surface area contributed by atoms with Crippen molar-refractivity contribution in [2.75, 3.05) is 13.1 Å². The van der Waals surface area contributed by atoms with Crippen LogP contribution in [-0.2, 0) is 13.1 Å². The number of rotatable bonds is 5. The average molecular weight is 277 g/mol. The predicted molar refractivity (Wildman–Crippen MR) is 66.5 cm³/mol. The zero-order valence-corrected chi connectivity index (χ0v) is 11.1. The second kappa shape index (κ2) is 5.85. The van der Waals surface area contributed by atoms with Crippen LogP contribution in [0.3, 0.4) is 0 Å². The van der Waals surface area contributed by atoms with Gasteiger partial charge in [-0.25, -0.2) is 0 Å². The lowest BCUT2D eigenvalue weighted by molar-refractivity contribution is 0.296. The summed E-state index contributed by atoms with van der Waals surface area (Å²) in [6.45, 7) is 8.22. The molecule has 14 heavy (non-hydrogen) atoms. The zero-order chi connectivity index (χ0) is 10.6. The summed E-state index contributed by atoms with van der Waals surface area (Å²) < 4.78 is 1.23. The van der Waals surface area contributed by atoms with Crippen molar-refractivity contribution in [3.05, 3.63) is 20.3 Å². The molecule has 0 radical (unpaired) electrons. The molecule has 2 N–H and O–H groups in total. The van der Waals surface area contributed by atoms with E-state index in [0.29, 0.717) is 6.54 Å². The van der Waals surface area contributed by atoms with E-state index >= 15 is 0 Å². The van der Waals surface area contributed by atoms with E-state index in [-0.39, 0.29) is 0 Å². The Bertz CT molecular complexity index is 282.